The number of ether oxygens (including phenoxy) is 2. The first-order chi connectivity index (χ1) is 16.0. The van der Waals surface area contributed by atoms with E-state index in [1.54, 1.807) is 19.3 Å². The highest BCUT2D eigenvalue weighted by atomic mass is 79.9. The molecule has 1 saturated heterocycles. The summed E-state index contributed by atoms with van der Waals surface area (Å²) in [4.78, 5) is 27.0. The summed E-state index contributed by atoms with van der Waals surface area (Å²) in [6, 6.07) is 21.0. The fraction of sp³-hybridized carbons (Fsp3) is 0.120. The molecule has 8 heteroatoms. The highest BCUT2D eigenvalue weighted by Gasteiger charge is 2.35. The third kappa shape index (κ3) is 5.34. The molecule has 0 aliphatic carbocycles. The van der Waals surface area contributed by atoms with E-state index in [9.17, 15) is 9.59 Å². The number of hydrogen-bond acceptors (Lipinski definition) is 5. The number of methoxy groups -OCH3 is 1. The van der Waals surface area contributed by atoms with Crippen LogP contribution in [0.25, 0.3) is 6.08 Å². The van der Waals surface area contributed by atoms with Crippen LogP contribution < -0.4 is 9.47 Å². The summed E-state index contributed by atoms with van der Waals surface area (Å²) in [6.45, 7) is 0.614. The van der Waals surface area contributed by atoms with E-state index in [0.29, 0.717) is 37.5 Å². The van der Waals surface area contributed by atoms with Gasteiger partial charge in [0.15, 0.2) is 11.5 Å². The minimum Gasteiger partial charge on any atom is -0.493 e. The molecule has 4 rings (SSSR count). The van der Waals surface area contributed by atoms with Gasteiger partial charge in [-0.3, -0.25) is 14.5 Å². The van der Waals surface area contributed by atoms with Gasteiger partial charge in [0.2, 0.25) is 0 Å². The van der Waals surface area contributed by atoms with Gasteiger partial charge in [0, 0.05) is 4.47 Å². The Kier molecular flexibility index (Phi) is 7.57. The molecule has 33 heavy (non-hydrogen) atoms. The molecule has 0 radical (unpaired) electrons. The number of benzene rings is 3. The van der Waals surface area contributed by atoms with E-state index in [-0.39, 0.29) is 17.7 Å². The van der Waals surface area contributed by atoms with Crippen molar-refractivity contribution in [2.24, 2.45) is 0 Å². The first-order valence-electron chi connectivity index (χ1n) is 10.00. The van der Waals surface area contributed by atoms with Gasteiger partial charge in [0.25, 0.3) is 11.1 Å². The minimum atomic E-state index is -0.319. The van der Waals surface area contributed by atoms with Gasteiger partial charge in [-0.25, -0.2) is 0 Å². The SMILES string of the molecule is COc1cc(/C=C2\SC(=O)N(Cc3ccccc3)C2=O)c(Br)c(Br)c1OCc1ccccc1. The van der Waals surface area contributed by atoms with E-state index in [1.165, 1.54) is 4.90 Å². The lowest BCUT2D eigenvalue weighted by Crippen LogP contribution is -2.27. The number of amides is 2. The molecular weight excluding hydrogens is 570 g/mol. The summed E-state index contributed by atoms with van der Waals surface area (Å²) in [5.74, 6) is 0.735. The van der Waals surface area contributed by atoms with Crippen LogP contribution in [0.1, 0.15) is 16.7 Å². The van der Waals surface area contributed by atoms with E-state index in [2.05, 4.69) is 31.9 Å². The van der Waals surface area contributed by atoms with Crippen LogP contribution in [0.15, 0.2) is 80.6 Å². The Morgan fingerprint density at radius 3 is 2.21 bits per heavy atom. The average Bonchev–Trinajstić information content (AvgIpc) is 3.10. The van der Waals surface area contributed by atoms with Gasteiger partial charge in [-0.05, 0) is 72.5 Å². The van der Waals surface area contributed by atoms with Crippen molar-refractivity contribution < 1.29 is 19.1 Å². The van der Waals surface area contributed by atoms with Crippen molar-refractivity contribution in [3.05, 3.63) is 97.3 Å². The molecule has 0 bridgehead atoms. The maximum absolute atomic E-state index is 12.9. The molecule has 0 aromatic heterocycles. The van der Waals surface area contributed by atoms with Crippen LogP contribution in [0, 0.1) is 0 Å². The lowest BCUT2D eigenvalue weighted by atomic mass is 10.1. The van der Waals surface area contributed by atoms with Crippen LogP contribution in [0.3, 0.4) is 0 Å². The van der Waals surface area contributed by atoms with Gasteiger partial charge in [-0.2, -0.15) is 0 Å². The fourth-order valence-corrected chi connectivity index (χ4v) is 5.05. The second kappa shape index (κ2) is 10.6. The molecule has 168 valence electrons. The lowest BCUT2D eigenvalue weighted by Gasteiger charge is -2.16. The molecule has 3 aromatic carbocycles. The van der Waals surface area contributed by atoms with Crippen molar-refractivity contribution in [2.75, 3.05) is 7.11 Å². The number of carbonyl (C=O) groups excluding carboxylic acids is 2. The molecule has 0 spiro atoms. The third-order valence-corrected chi connectivity index (χ3v) is 8.00. The first kappa shape index (κ1) is 23.6. The standard InChI is InChI=1S/C25H19Br2NO4S/c1-31-19-12-18(21(26)22(27)23(19)32-15-17-10-6-3-7-11-17)13-20-24(29)28(25(30)33-20)14-16-8-4-2-5-9-16/h2-13H,14-15H2,1H3/b20-13-. The average molecular weight is 589 g/mol. The summed E-state index contributed by atoms with van der Waals surface area (Å²) in [5, 5.41) is -0.292. The Morgan fingerprint density at radius 2 is 1.58 bits per heavy atom. The van der Waals surface area contributed by atoms with Crippen molar-refractivity contribution in [1.29, 1.82) is 0 Å². The summed E-state index contributed by atoms with van der Waals surface area (Å²) in [6.07, 6.45) is 1.69. The molecule has 1 fully saturated rings. The zero-order valence-corrected chi connectivity index (χ0v) is 21.6. The molecule has 1 aliphatic rings. The van der Waals surface area contributed by atoms with Crippen LogP contribution in [0.5, 0.6) is 11.5 Å². The lowest BCUT2D eigenvalue weighted by molar-refractivity contribution is -0.123. The van der Waals surface area contributed by atoms with Gasteiger partial charge in [0.1, 0.15) is 6.61 Å². The molecular formula is C25H19Br2NO4S. The van der Waals surface area contributed by atoms with Crippen LogP contribution >= 0.6 is 43.6 Å². The Bertz CT molecular complexity index is 1220. The topological polar surface area (TPSA) is 55.8 Å². The summed E-state index contributed by atoms with van der Waals surface area (Å²) >= 11 is 8.09. The van der Waals surface area contributed by atoms with Crippen molar-refractivity contribution in [3.8, 4) is 11.5 Å². The van der Waals surface area contributed by atoms with Crippen molar-refractivity contribution >= 4 is 60.8 Å². The molecule has 2 amide bonds. The van der Waals surface area contributed by atoms with Crippen LogP contribution in [0.4, 0.5) is 4.79 Å². The number of rotatable bonds is 7. The largest absolute Gasteiger partial charge is 0.493 e. The molecule has 1 aliphatic heterocycles. The van der Waals surface area contributed by atoms with Crippen molar-refractivity contribution in [2.45, 2.75) is 13.2 Å². The van der Waals surface area contributed by atoms with Gasteiger partial charge >= 0.3 is 0 Å². The van der Waals surface area contributed by atoms with E-state index < -0.39 is 0 Å². The van der Waals surface area contributed by atoms with Crippen LogP contribution in [-0.4, -0.2) is 23.2 Å². The predicted molar refractivity (Wildman–Crippen MR) is 137 cm³/mol. The van der Waals surface area contributed by atoms with Gasteiger partial charge in [0.05, 0.1) is 23.0 Å². The maximum Gasteiger partial charge on any atom is 0.293 e. The summed E-state index contributed by atoms with van der Waals surface area (Å²) in [5.41, 5.74) is 2.61. The maximum atomic E-state index is 12.9. The summed E-state index contributed by atoms with van der Waals surface area (Å²) in [7, 11) is 1.56. The summed E-state index contributed by atoms with van der Waals surface area (Å²) < 4.78 is 12.9. The molecule has 0 unspecified atom stereocenters. The van der Waals surface area contributed by atoms with Crippen LogP contribution in [-0.2, 0) is 17.9 Å². The molecule has 0 N–H and O–H groups in total. The number of nitrogens with zero attached hydrogens (tertiary/aromatic N) is 1. The highest BCUT2D eigenvalue weighted by Crippen LogP contribution is 2.45. The van der Waals surface area contributed by atoms with E-state index in [0.717, 1.165) is 22.9 Å². The number of carbonyl (C=O) groups is 2. The number of thioether (sulfide) groups is 1. The number of imide groups is 1. The Labute approximate surface area is 213 Å². The van der Waals surface area contributed by atoms with E-state index >= 15 is 0 Å². The zero-order chi connectivity index (χ0) is 23.4. The third-order valence-electron chi connectivity index (χ3n) is 4.95. The van der Waals surface area contributed by atoms with Gasteiger partial charge in [-0.1, -0.05) is 60.7 Å². The Hall–Kier alpha value is -2.55. The second-order valence-corrected chi connectivity index (χ2v) is 9.73. The molecule has 0 saturated carbocycles. The van der Waals surface area contributed by atoms with Crippen molar-refractivity contribution in [3.63, 3.8) is 0 Å². The number of hydrogen-bond donors (Lipinski definition) is 0. The molecule has 1 heterocycles. The molecule has 3 aromatic rings. The Balaban J connectivity index is 1.59. The normalized spacial score (nSPS) is 14.8. The molecule has 0 atom stereocenters. The molecule has 5 nitrogen and oxygen atoms in total. The van der Waals surface area contributed by atoms with Gasteiger partial charge in [-0.15, -0.1) is 0 Å². The minimum absolute atomic E-state index is 0.239. The fourth-order valence-electron chi connectivity index (χ4n) is 3.27. The first-order valence-corrected chi connectivity index (χ1v) is 12.4. The number of halogens is 2. The van der Waals surface area contributed by atoms with Crippen LogP contribution in [0.2, 0.25) is 0 Å². The smallest absolute Gasteiger partial charge is 0.293 e. The Morgan fingerprint density at radius 1 is 0.939 bits per heavy atom. The van der Waals surface area contributed by atoms with Gasteiger partial charge < -0.3 is 9.47 Å². The predicted octanol–water partition coefficient (Wildman–Crippen LogP) is 7.04. The monoisotopic (exact) mass is 587 g/mol. The van der Waals surface area contributed by atoms with Crippen molar-refractivity contribution in [1.82, 2.24) is 4.90 Å². The van der Waals surface area contributed by atoms with E-state index in [1.807, 2.05) is 60.7 Å². The second-order valence-electron chi connectivity index (χ2n) is 7.15. The quantitative estimate of drug-likeness (QED) is 0.277. The zero-order valence-electron chi connectivity index (χ0n) is 17.6. The highest BCUT2D eigenvalue weighted by molar-refractivity contribution is 9.13. The van der Waals surface area contributed by atoms with E-state index in [4.69, 9.17) is 9.47 Å².